The number of hydrogen-bond donors (Lipinski definition) is 3. The van der Waals surface area contributed by atoms with Crippen molar-refractivity contribution in [3.8, 4) is 0 Å². The average molecular weight is 404 g/mol. The lowest BCUT2D eigenvalue weighted by Crippen LogP contribution is -2.49. The van der Waals surface area contributed by atoms with Crippen LogP contribution in [0.4, 0.5) is 8.78 Å². The first-order chi connectivity index (χ1) is 13.9. The zero-order chi connectivity index (χ0) is 21.2. The molecule has 0 saturated carbocycles. The standard InChI is InChI=1S/C22H26F2N2O3/c1-15(25-21(28)12-17-10-18(23)13-19(24)11-17)22(29)26-20(14-27)9-5-8-16-6-3-2-4-7-16/h2-4,6-7,10-11,13,15,20,27H,5,8-9,12,14H2,1H3,(H,25,28)(H,26,29)/t15-,20-/m0/s1. The molecule has 29 heavy (non-hydrogen) atoms. The predicted molar refractivity (Wildman–Crippen MR) is 106 cm³/mol. The quantitative estimate of drug-likeness (QED) is 0.569. The van der Waals surface area contributed by atoms with Crippen LogP contribution in [-0.2, 0) is 22.4 Å². The van der Waals surface area contributed by atoms with E-state index in [1.807, 2.05) is 30.3 Å². The molecule has 0 bridgehead atoms. The summed E-state index contributed by atoms with van der Waals surface area (Å²) in [5, 5.41) is 14.7. The van der Waals surface area contributed by atoms with Crippen LogP contribution in [0.15, 0.2) is 48.5 Å². The summed E-state index contributed by atoms with van der Waals surface area (Å²) < 4.78 is 26.4. The van der Waals surface area contributed by atoms with Gasteiger partial charge in [-0.1, -0.05) is 30.3 Å². The average Bonchev–Trinajstić information content (AvgIpc) is 2.66. The lowest BCUT2D eigenvalue weighted by atomic mass is 10.0. The van der Waals surface area contributed by atoms with E-state index in [9.17, 15) is 23.5 Å². The van der Waals surface area contributed by atoms with E-state index in [-0.39, 0.29) is 18.6 Å². The first-order valence-electron chi connectivity index (χ1n) is 9.57. The summed E-state index contributed by atoms with van der Waals surface area (Å²) in [4.78, 5) is 24.3. The van der Waals surface area contributed by atoms with Crippen molar-refractivity contribution in [2.75, 3.05) is 6.61 Å². The van der Waals surface area contributed by atoms with Crippen molar-refractivity contribution in [2.45, 2.75) is 44.7 Å². The second-order valence-corrected chi connectivity index (χ2v) is 7.01. The van der Waals surface area contributed by atoms with E-state index in [1.165, 1.54) is 12.5 Å². The molecule has 7 heteroatoms. The lowest BCUT2D eigenvalue weighted by Gasteiger charge is -2.20. The number of aryl methyl sites for hydroxylation is 1. The third-order valence-corrected chi connectivity index (χ3v) is 4.49. The maximum absolute atomic E-state index is 13.2. The Morgan fingerprint density at radius 1 is 1.00 bits per heavy atom. The van der Waals surface area contributed by atoms with Crippen LogP contribution < -0.4 is 10.6 Å². The fourth-order valence-corrected chi connectivity index (χ4v) is 2.99. The Kier molecular flexibility index (Phi) is 8.73. The van der Waals surface area contributed by atoms with E-state index < -0.39 is 35.5 Å². The van der Waals surface area contributed by atoms with Crippen molar-refractivity contribution in [1.29, 1.82) is 0 Å². The third-order valence-electron chi connectivity index (χ3n) is 4.49. The molecule has 0 aromatic heterocycles. The molecule has 5 nitrogen and oxygen atoms in total. The number of hydrogen-bond acceptors (Lipinski definition) is 3. The summed E-state index contributed by atoms with van der Waals surface area (Å²) in [6.45, 7) is 1.31. The number of nitrogens with one attached hydrogen (secondary N) is 2. The second-order valence-electron chi connectivity index (χ2n) is 7.01. The Balaban J connectivity index is 1.77. The molecule has 3 N–H and O–H groups in total. The molecule has 0 saturated heterocycles. The van der Waals surface area contributed by atoms with E-state index in [0.717, 1.165) is 31.0 Å². The van der Waals surface area contributed by atoms with Gasteiger partial charge < -0.3 is 15.7 Å². The molecule has 2 amide bonds. The van der Waals surface area contributed by atoms with Crippen LogP contribution in [0.2, 0.25) is 0 Å². The zero-order valence-corrected chi connectivity index (χ0v) is 16.3. The van der Waals surface area contributed by atoms with E-state index in [1.54, 1.807) is 0 Å². The van der Waals surface area contributed by atoms with Gasteiger partial charge in [0.2, 0.25) is 11.8 Å². The number of aliphatic hydroxyl groups is 1. The van der Waals surface area contributed by atoms with Gasteiger partial charge in [0.25, 0.3) is 0 Å². The van der Waals surface area contributed by atoms with Gasteiger partial charge in [-0.05, 0) is 49.4 Å². The third kappa shape index (κ3) is 7.99. The molecule has 0 unspecified atom stereocenters. The van der Waals surface area contributed by atoms with Gasteiger partial charge >= 0.3 is 0 Å². The molecule has 0 aliphatic heterocycles. The maximum Gasteiger partial charge on any atom is 0.242 e. The molecule has 0 fully saturated rings. The highest BCUT2D eigenvalue weighted by molar-refractivity contribution is 5.88. The Morgan fingerprint density at radius 2 is 1.66 bits per heavy atom. The van der Waals surface area contributed by atoms with Gasteiger partial charge in [-0.2, -0.15) is 0 Å². The molecule has 2 aromatic rings. The number of carbonyl (C=O) groups excluding carboxylic acids is 2. The van der Waals surface area contributed by atoms with E-state index in [4.69, 9.17) is 0 Å². The Labute approximate surface area is 169 Å². The monoisotopic (exact) mass is 404 g/mol. The van der Waals surface area contributed by atoms with Crippen molar-refractivity contribution in [3.63, 3.8) is 0 Å². The smallest absolute Gasteiger partial charge is 0.242 e. The van der Waals surface area contributed by atoms with E-state index >= 15 is 0 Å². The predicted octanol–water partition coefficient (Wildman–Crippen LogP) is 2.51. The van der Waals surface area contributed by atoms with Crippen LogP contribution in [0.5, 0.6) is 0 Å². The van der Waals surface area contributed by atoms with Gasteiger partial charge in [-0.25, -0.2) is 8.78 Å². The summed E-state index contributed by atoms with van der Waals surface area (Å²) in [7, 11) is 0. The normalized spacial score (nSPS) is 12.8. The Bertz CT molecular complexity index is 795. The van der Waals surface area contributed by atoms with Gasteiger partial charge in [0.1, 0.15) is 17.7 Å². The fourth-order valence-electron chi connectivity index (χ4n) is 2.99. The SMILES string of the molecule is C[C@H](NC(=O)Cc1cc(F)cc(F)c1)C(=O)N[C@H](CO)CCCc1ccccc1. The first kappa shape index (κ1) is 22.5. The van der Waals surface area contributed by atoms with Gasteiger partial charge in [0, 0.05) is 6.07 Å². The molecule has 0 aliphatic rings. The number of aliphatic hydroxyl groups excluding tert-OH is 1. The summed E-state index contributed by atoms with van der Waals surface area (Å²) in [5.74, 6) is -2.48. The summed E-state index contributed by atoms with van der Waals surface area (Å²) in [6.07, 6.45) is 1.98. The minimum atomic E-state index is -0.843. The highest BCUT2D eigenvalue weighted by atomic mass is 19.1. The molecule has 0 radical (unpaired) electrons. The van der Waals surface area contributed by atoms with Crippen molar-refractivity contribution < 1.29 is 23.5 Å². The molecule has 156 valence electrons. The fraction of sp³-hybridized carbons (Fsp3) is 0.364. The Hall–Kier alpha value is -2.80. The molecule has 2 atom stereocenters. The van der Waals surface area contributed by atoms with Gasteiger partial charge in [0.15, 0.2) is 0 Å². The van der Waals surface area contributed by atoms with Crippen LogP contribution in [0.1, 0.15) is 30.9 Å². The summed E-state index contributed by atoms with van der Waals surface area (Å²) in [5.41, 5.74) is 1.37. The molecular formula is C22H26F2N2O3. The van der Waals surface area contributed by atoms with Crippen molar-refractivity contribution in [1.82, 2.24) is 10.6 Å². The van der Waals surface area contributed by atoms with Crippen molar-refractivity contribution >= 4 is 11.8 Å². The summed E-state index contributed by atoms with van der Waals surface area (Å²) in [6, 6.07) is 11.5. The van der Waals surface area contributed by atoms with E-state index in [2.05, 4.69) is 10.6 Å². The molecule has 0 heterocycles. The van der Waals surface area contributed by atoms with Crippen LogP contribution in [-0.4, -0.2) is 35.6 Å². The topological polar surface area (TPSA) is 78.4 Å². The molecule has 2 rings (SSSR count). The number of carbonyl (C=O) groups is 2. The number of halogens is 2. The van der Waals surface area contributed by atoms with Gasteiger partial charge in [-0.3, -0.25) is 9.59 Å². The number of rotatable bonds is 10. The molecule has 2 aromatic carbocycles. The van der Waals surface area contributed by atoms with Crippen LogP contribution in [0.3, 0.4) is 0 Å². The van der Waals surface area contributed by atoms with E-state index in [0.29, 0.717) is 6.42 Å². The van der Waals surface area contributed by atoms with Gasteiger partial charge in [-0.15, -0.1) is 0 Å². The molecular weight excluding hydrogens is 378 g/mol. The van der Waals surface area contributed by atoms with Crippen LogP contribution >= 0.6 is 0 Å². The summed E-state index contributed by atoms with van der Waals surface area (Å²) >= 11 is 0. The van der Waals surface area contributed by atoms with Crippen LogP contribution in [0.25, 0.3) is 0 Å². The largest absolute Gasteiger partial charge is 0.394 e. The zero-order valence-electron chi connectivity index (χ0n) is 16.3. The highest BCUT2D eigenvalue weighted by Crippen LogP contribution is 2.09. The first-order valence-corrected chi connectivity index (χ1v) is 9.57. The minimum absolute atomic E-state index is 0.182. The van der Waals surface area contributed by atoms with Crippen LogP contribution in [0, 0.1) is 11.6 Å². The minimum Gasteiger partial charge on any atom is -0.394 e. The lowest BCUT2D eigenvalue weighted by molar-refractivity contribution is -0.128. The highest BCUT2D eigenvalue weighted by Gasteiger charge is 2.19. The number of amides is 2. The van der Waals surface area contributed by atoms with Gasteiger partial charge in [0.05, 0.1) is 19.1 Å². The molecule has 0 spiro atoms. The molecule has 0 aliphatic carbocycles. The Morgan fingerprint density at radius 3 is 2.28 bits per heavy atom. The maximum atomic E-state index is 13.2. The van der Waals surface area contributed by atoms with Crippen molar-refractivity contribution in [2.24, 2.45) is 0 Å². The number of benzene rings is 2. The van der Waals surface area contributed by atoms with Crippen molar-refractivity contribution in [3.05, 3.63) is 71.3 Å². The second kappa shape index (κ2) is 11.3.